The van der Waals surface area contributed by atoms with Crippen LogP contribution in [0.4, 0.5) is 9.80 Å². The Morgan fingerprint density at radius 3 is 2.79 bits per heavy atom. The summed E-state index contributed by atoms with van der Waals surface area (Å²) in [4.78, 5) is 36.7. The molecule has 0 unspecified atom stereocenters. The lowest BCUT2D eigenvalue weighted by Crippen LogP contribution is -2.34. The van der Waals surface area contributed by atoms with E-state index in [9.17, 15) is 19.6 Å². The second-order valence-corrected chi connectivity index (χ2v) is 7.33. The lowest BCUT2D eigenvalue weighted by molar-refractivity contribution is -0.131. The molecule has 0 saturated carbocycles. The van der Waals surface area contributed by atoms with Crippen LogP contribution in [0.15, 0.2) is 30.3 Å². The van der Waals surface area contributed by atoms with Gasteiger partial charge in [0.1, 0.15) is 16.8 Å². The molecule has 1 aliphatic rings. The largest absolute Gasteiger partial charge is 0.465 e. The number of nitriles is 1. The smallest absolute Gasteiger partial charge is 0.407 e. The minimum absolute atomic E-state index is 0.200. The molecule has 8 nitrogen and oxygen atoms in total. The SMILES string of the molecule is CC(=O)Oc1ccccc1C=CC(=O)Nc1sc2c(c1C#N)CCN(C(=O)O)C2. The van der Waals surface area contributed by atoms with Crippen LogP contribution in [0.2, 0.25) is 0 Å². The third kappa shape index (κ3) is 4.62. The normalized spacial score (nSPS) is 12.9. The number of hydrogen-bond donors (Lipinski definition) is 2. The summed E-state index contributed by atoms with van der Waals surface area (Å²) >= 11 is 1.21. The summed E-state index contributed by atoms with van der Waals surface area (Å²) in [5, 5.41) is 21.7. The first-order valence-corrected chi connectivity index (χ1v) is 9.49. The van der Waals surface area contributed by atoms with Gasteiger partial charge in [-0.15, -0.1) is 11.3 Å². The lowest BCUT2D eigenvalue weighted by Gasteiger charge is -2.23. The monoisotopic (exact) mass is 411 g/mol. The molecular weight excluding hydrogens is 394 g/mol. The number of carboxylic acid groups (broad SMARTS) is 1. The van der Waals surface area contributed by atoms with E-state index in [1.165, 1.54) is 35.3 Å². The van der Waals surface area contributed by atoms with Crippen molar-refractivity contribution in [2.75, 3.05) is 11.9 Å². The Labute approximate surface area is 170 Å². The number of thiophene rings is 1. The van der Waals surface area contributed by atoms with Crippen molar-refractivity contribution < 1.29 is 24.2 Å². The maximum atomic E-state index is 12.4. The average molecular weight is 411 g/mol. The second-order valence-electron chi connectivity index (χ2n) is 6.23. The molecular formula is C20H17N3O5S. The van der Waals surface area contributed by atoms with Gasteiger partial charge in [-0.05, 0) is 24.1 Å². The molecule has 0 saturated heterocycles. The molecule has 0 bridgehead atoms. The number of nitrogens with zero attached hydrogens (tertiary/aromatic N) is 2. The molecule has 0 fully saturated rings. The number of carbonyl (C=O) groups is 3. The van der Waals surface area contributed by atoms with Crippen molar-refractivity contribution in [2.45, 2.75) is 19.9 Å². The highest BCUT2D eigenvalue weighted by Gasteiger charge is 2.27. The van der Waals surface area contributed by atoms with Crippen LogP contribution in [0.25, 0.3) is 6.08 Å². The third-order valence-electron chi connectivity index (χ3n) is 4.26. The molecule has 2 aromatic rings. The fraction of sp³-hybridized carbons (Fsp3) is 0.200. The highest BCUT2D eigenvalue weighted by Crippen LogP contribution is 2.36. The number of fused-ring (bicyclic) bond motifs is 1. The van der Waals surface area contributed by atoms with Crippen LogP contribution in [0.3, 0.4) is 0 Å². The van der Waals surface area contributed by atoms with Crippen molar-refractivity contribution in [1.82, 2.24) is 4.90 Å². The standard InChI is InChI=1S/C20H17N3O5S/c1-12(24)28-16-5-3-2-4-13(16)6-7-18(25)22-19-15(10-21)14-8-9-23(20(26)27)11-17(14)29-19/h2-7H,8-9,11H2,1H3,(H,22,25)(H,26,27). The summed E-state index contributed by atoms with van der Waals surface area (Å²) in [5.74, 6) is -0.580. The molecule has 1 aromatic heterocycles. The molecule has 0 spiro atoms. The maximum absolute atomic E-state index is 12.4. The van der Waals surface area contributed by atoms with Gasteiger partial charge >= 0.3 is 12.1 Å². The minimum atomic E-state index is -1.01. The zero-order valence-corrected chi connectivity index (χ0v) is 16.3. The summed E-state index contributed by atoms with van der Waals surface area (Å²) in [6, 6.07) is 8.89. The zero-order valence-electron chi connectivity index (χ0n) is 15.5. The number of para-hydroxylation sites is 1. The molecule has 3 rings (SSSR count). The molecule has 0 aliphatic carbocycles. The number of nitrogens with one attached hydrogen (secondary N) is 1. The molecule has 2 amide bonds. The number of rotatable bonds is 4. The van der Waals surface area contributed by atoms with Gasteiger partial charge in [-0.3, -0.25) is 9.59 Å². The van der Waals surface area contributed by atoms with Crippen LogP contribution in [-0.2, 0) is 22.6 Å². The minimum Gasteiger partial charge on any atom is -0.465 e. The van der Waals surface area contributed by atoms with E-state index in [2.05, 4.69) is 11.4 Å². The van der Waals surface area contributed by atoms with Gasteiger partial charge in [-0.25, -0.2) is 4.79 Å². The van der Waals surface area contributed by atoms with Crippen LogP contribution >= 0.6 is 11.3 Å². The van der Waals surface area contributed by atoms with Crippen molar-refractivity contribution in [1.29, 1.82) is 5.26 Å². The predicted octanol–water partition coefficient (Wildman–Crippen LogP) is 3.23. The van der Waals surface area contributed by atoms with Gasteiger partial charge in [-0.1, -0.05) is 18.2 Å². The van der Waals surface area contributed by atoms with Gasteiger partial charge in [0.2, 0.25) is 5.91 Å². The summed E-state index contributed by atoms with van der Waals surface area (Å²) < 4.78 is 5.10. The van der Waals surface area contributed by atoms with Gasteiger partial charge in [-0.2, -0.15) is 5.26 Å². The first kappa shape index (κ1) is 20.1. The van der Waals surface area contributed by atoms with Crippen molar-refractivity contribution in [3.63, 3.8) is 0 Å². The number of esters is 1. The molecule has 1 aliphatic heterocycles. The molecule has 9 heteroatoms. The number of carbonyl (C=O) groups excluding carboxylic acids is 2. The Hall–Kier alpha value is -3.64. The average Bonchev–Trinajstić information content (AvgIpc) is 3.02. The topological polar surface area (TPSA) is 120 Å². The Morgan fingerprint density at radius 2 is 2.10 bits per heavy atom. The maximum Gasteiger partial charge on any atom is 0.407 e. The Bertz CT molecular complexity index is 1050. The van der Waals surface area contributed by atoms with Crippen LogP contribution in [0.1, 0.15) is 28.5 Å². The van der Waals surface area contributed by atoms with Crippen LogP contribution in [-0.4, -0.2) is 34.5 Å². The molecule has 2 heterocycles. The van der Waals surface area contributed by atoms with Crippen molar-refractivity contribution in [2.24, 2.45) is 0 Å². The van der Waals surface area contributed by atoms with Gasteiger partial charge < -0.3 is 20.1 Å². The van der Waals surface area contributed by atoms with E-state index in [4.69, 9.17) is 9.84 Å². The van der Waals surface area contributed by atoms with Gasteiger partial charge in [0.15, 0.2) is 0 Å². The number of amides is 2. The zero-order chi connectivity index (χ0) is 21.0. The fourth-order valence-corrected chi connectivity index (χ4v) is 4.17. The molecule has 1 aromatic carbocycles. The molecule has 29 heavy (non-hydrogen) atoms. The molecule has 2 N–H and O–H groups in total. The van der Waals surface area contributed by atoms with Crippen molar-refractivity contribution >= 4 is 40.4 Å². The summed E-state index contributed by atoms with van der Waals surface area (Å²) in [6.07, 6.45) is 2.22. The van der Waals surface area contributed by atoms with Crippen LogP contribution < -0.4 is 10.1 Å². The first-order chi connectivity index (χ1) is 13.9. The van der Waals surface area contributed by atoms with Gasteiger partial charge in [0.05, 0.1) is 12.1 Å². The van der Waals surface area contributed by atoms with Crippen molar-refractivity contribution in [3.05, 3.63) is 51.9 Å². The molecule has 0 atom stereocenters. The van der Waals surface area contributed by atoms with E-state index in [1.807, 2.05) is 0 Å². The molecule has 0 radical (unpaired) electrons. The third-order valence-corrected chi connectivity index (χ3v) is 5.40. The quantitative estimate of drug-likeness (QED) is 0.453. The fourth-order valence-electron chi connectivity index (χ4n) is 2.96. The van der Waals surface area contributed by atoms with E-state index >= 15 is 0 Å². The predicted molar refractivity (Wildman–Crippen MR) is 107 cm³/mol. The lowest BCUT2D eigenvalue weighted by atomic mass is 10.0. The van der Waals surface area contributed by atoms with Crippen LogP contribution in [0, 0.1) is 11.3 Å². The number of anilines is 1. The van der Waals surface area contributed by atoms with Crippen LogP contribution in [0.5, 0.6) is 5.75 Å². The highest BCUT2D eigenvalue weighted by molar-refractivity contribution is 7.16. The Balaban J connectivity index is 1.77. The van der Waals surface area contributed by atoms with E-state index in [-0.39, 0.29) is 6.54 Å². The van der Waals surface area contributed by atoms with E-state index in [1.54, 1.807) is 24.3 Å². The van der Waals surface area contributed by atoms with E-state index in [0.717, 1.165) is 10.4 Å². The Morgan fingerprint density at radius 1 is 1.34 bits per heavy atom. The van der Waals surface area contributed by atoms with E-state index < -0.39 is 18.0 Å². The summed E-state index contributed by atoms with van der Waals surface area (Å²) in [6.45, 7) is 1.81. The number of ether oxygens (including phenoxy) is 1. The summed E-state index contributed by atoms with van der Waals surface area (Å²) in [7, 11) is 0. The van der Waals surface area contributed by atoms with E-state index in [0.29, 0.717) is 34.8 Å². The highest BCUT2D eigenvalue weighted by atomic mass is 32.1. The second kappa shape index (κ2) is 8.58. The number of hydrogen-bond acceptors (Lipinski definition) is 6. The Kier molecular flexibility index (Phi) is 5.95. The molecule has 148 valence electrons. The first-order valence-electron chi connectivity index (χ1n) is 8.68. The van der Waals surface area contributed by atoms with Gasteiger partial charge in [0.25, 0.3) is 0 Å². The summed E-state index contributed by atoms with van der Waals surface area (Å²) in [5.41, 5.74) is 1.72. The van der Waals surface area contributed by atoms with Gasteiger partial charge in [0, 0.05) is 30.0 Å². The van der Waals surface area contributed by atoms with Crippen molar-refractivity contribution in [3.8, 4) is 11.8 Å². The number of benzene rings is 1.